The highest BCUT2D eigenvalue weighted by molar-refractivity contribution is 6.31. The molecule has 4 rings (SSSR count). The van der Waals surface area contributed by atoms with E-state index in [1.165, 1.54) is 18.2 Å². The SMILES string of the molecule is Cn1nc(C(=O)Nc2ccccc2)c2c1CCN(C(=O)Nc1ccc(F)c(Cl)c1)C2. The summed E-state index contributed by atoms with van der Waals surface area (Å²) in [5.74, 6) is -0.882. The average Bonchev–Trinajstić information content (AvgIpc) is 3.07. The third-order valence-electron chi connectivity index (χ3n) is 4.95. The standard InChI is InChI=1S/C21H19ClFN5O2/c1-27-18-9-10-28(21(30)25-14-7-8-17(23)16(22)11-14)12-15(18)19(26-27)20(29)24-13-5-3-2-4-6-13/h2-8,11H,9-10,12H2,1H3,(H,24,29)(H,25,30). The summed E-state index contributed by atoms with van der Waals surface area (Å²) in [5.41, 5.74) is 2.98. The minimum absolute atomic E-state index is 0.0686. The molecule has 154 valence electrons. The molecule has 0 saturated carbocycles. The summed E-state index contributed by atoms with van der Waals surface area (Å²) in [5, 5.41) is 9.85. The number of hydrogen-bond donors (Lipinski definition) is 2. The van der Waals surface area contributed by atoms with Gasteiger partial charge in [-0.1, -0.05) is 29.8 Å². The minimum Gasteiger partial charge on any atom is -0.321 e. The van der Waals surface area contributed by atoms with Crippen LogP contribution in [0.25, 0.3) is 0 Å². The summed E-state index contributed by atoms with van der Waals surface area (Å²) in [7, 11) is 1.79. The Bertz CT molecular complexity index is 1120. The number of carbonyl (C=O) groups is 2. The number of hydrogen-bond acceptors (Lipinski definition) is 3. The number of rotatable bonds is 3. The average molecular weight is 428 g/mol. The van der Waals surface area contributed by atoms with E-state index in [2.05, 4.69) is 15.7 Å². The van der Waals surface area contributed by atoms with Gasteiger partial charge in [0.05, 0.1) is 11.6 Å². The van der Waals surface area contributed by atoms with Gasteiger partial charge in [-0.05, 0) is 30.3 Å². The molecule has 7 nitrogen and oxygen atoms in total. The van der Waals surface area contributed by atoms with Gasteiger partial charge >= 0.3 is 6.03 Å². The Morgan fingerprint density at radius 2 is 1.87 bits per heavy atom. The summed E-state index contributed by atoms with van der Waals surface area (Å²) in [6.07, 6.45) is 0.565. The van der Waals surface area contributed by atoms with Gasteiger partial charge in [0.15, 0.2) is 5.69 Å². The van der Waals surface area contributed by atoms with Crippen LogP contribution in [0.1, 0.15) is 21.7 Å². The number of para-hydroxylation sites is 1. The minimum atomic E-state index is -0.554. The molecule has 1 aliphatic rings. The predicted octanol–water partition coefficient (Wildman–Crippen LogP) is 4.06. The first-order valence-electron chi connectivity index (χ1n) is 9.34. The molecule has 0 bridgehead atoms. The van der Waals surface area contributed by atoms with E-state index in [0.29, 0.717) is 35.6 Å². The van der Waals surface area contributed by atoms with Crippen molar-refractivity contribution in [3.8, 4) is 0 Å². The molecule has 0 unspecified atom stereocenters. The van der Waals surface area contributed by atoms with E-state index in [1.54, 1.807) is 28.8 Å². The first-order valence-corrected chi connectivity index (χ1v) is 9.72. The van der Waals surface area contributed by atoms with Crippen LogP contribution >= 0.6 is 11.6 Å². The molecule has 1 aliphatic heterocycles. The fourth-order valence-electron chi connectivity index (χ4n) is 3.44. The van der Waals surface area contributed by atoms with Gasteiger partial charge in [0.2, 0.25) is 0 Å². The van der Waals surface area contributed by atoms with Gasteiger partial charge in [-0.3, -0.25) is 9.48 Å². The number of urea groups is 1. The van der Waals surface area contributed by atoms with Gasteiger partial charge in [0.1, 0.15) is 5.82 Å². The lowest BCUT2D eigenvalue weighted by Crippen LogP contribution is -2.39. The number of anilines is 2. The lowest BCUT2D eigenvalue weighted by atomic mass is 10.0. The van der Waals surface area contributed by atoms with E-state index in [1.807, 2.05) is 18.2 Å². The summed E-state index contributed by atoms with van der Waals surface area (Å²) < 4.78 is 15.0. The fraction of sp³-hybridized carbons (Fsp3) is 0.190. The fourth-order valence-corrected chi connectivity index (χ4v) is 3.62. The number of carbonyl (C=O) groups excluding carboxylic acids is 2. The van der Waals surface area contributed by atoms with Crippen molar-refractivity contribution in [1.82, 2.24) is 14.7 Å². The highest BCUT2D eigenvalue weighted by atomic mass is 35.5. The molecule has 0 aliphatic carbocycles. The molecule has 2 aromatic carbocycles. The van der Waals surface area contributed by atoms with Crippen LogP contribution in [0.15, 0.2) is 48.5 Å². The van der Waals surface area contributed by atoms with Crippen LogP contribution in [-0.4, -0.2) is 33.2 Å². The normalized spacial score (nSPS) is 13.0. The Hall–Kier alpha value is -3.39. The van der Waals surface area contributed by atoms with Crippen LogP contribution in [0.3, 0.4) is 0 Å². The lowest BCUT2D eigenvalue weighted by molar-refractivity contribution is 0.101. The van der Waals surface area contributed by atoms with Gasteiger partial charge < -0.3 is 15.5 Å². The van der Waals surface area contributed by atoms with Crippen LogP contribution in [0.4, 0.5) is 20.6 Å². The second-order valence-corrected chi connectivity index (χ2v) is 7.36. The number of benzene rings is 2. The Kier molecular flexibility index (Phi) is 5.41. The Labute approximate surface area is 177 Å². The zero-order valence-electron chi connectivity index (χ0n) is 16.2. The maximum atomic E-state index is 13.3. The van der Waals surface area contributed by atoms with Gasteiger partial charge in [-0.25, -0.2) is 9.18 Å². The Morgan fingerprint density at radius 3 is 2.60 bits per heavy atom. The molecular weight excluding hydrogens is 409 g/mol. The molecule has 0 radical (unpaired) electrons. The number of fused-ring (bicyclic) bond motifs is 1. The van der Waals surface area contributed by atoms with E-state index >= 15 is 0 Å². The van der Waals surface area contributed by atoms with Crippen LogP contribution in [0, 0.1) is 5.82 Å². The summed E-state index contributed by atoms with van der Waals surface area (Å²) in [6.45, 7) is 0.703. The van der Waals surface area contributed by atoms with Gasteiger partial charge in [-0.2, -0.15) is 5.10 Å². The molecule has 0 saturated heterocycles. The quantitative estimate of drug-likeness (QED) is 0.661. The van der Waals surface area contributed by atoms with E-state index in [9.17, 15) is 14.0 Å². The summed E-state index contributed by atoms with van der Waals surface area (Å²) in [6, 6.07) is 12.7. The van der Waals surface area contributed by atoms with Crippen molar-refractivity contribution in [3.05, 3.63) is 76.3 Å². The van der Waals surface area contributed by atoms with Crippen molar-refractivity contribution in [2.75, 3.05) is 17.2 Å². The van der Waals surface area contributed by atoms with Crippen molar-refractivity contribution in [2.45, 2.75) is 13.0 Å². The maximum Gasteiger partial charge on any atom is 0.322 e. The van der Waals surface area contributed by atoms with Crippen LogP contribution in [-0.2, 0) is 20.0 Å². The van der Waals surface area contributed by atoms with Gasteiger partial charge in [0.25, 0.3) is 5.91 Å². The monoisotopic (exact) mass is 427 g/mol. The van der Waals surface area contributed by atoms with Gasteiger partial charge in [0, 0.05) is 42.6 Å². The lowest BCUT2D eigenvalue weighted by Gasteiger charge is -2.27. The third kappa shape index (κ3) is 3.99. The van der Waals surface area contributed by atoms with E-state index < -0.39 is 5.82 Å². The molecule has 9 heteroatoms. The molecule has 3 amide bonds. The van der Waals surface area contributed by atoms with Crippen molar-refractivity contribution in [3.63, 3.8) is 0 Å². The predicted molar refractivity (Wildman–Crippen MR) is 112 cm³/mol. The Balaban J connectivity index is 1.51. The molecule has 2 N–H and O–H groups in total. The van der Waals surface area contributed by atoms with E-state index in [0.717, 1.165) is 5.69 Å². The van der Waals surface area contributed by atoms with Crippen molar-refractivity contribution in [2.24, 2.45) is 7.05 Å². The maximum absolute atomic E-state index is 13.3. The zero-order chi connectivity index (χ0) is 21.3. The summed E-state index contributed by atoms with van der Waals surface area (Å²) in [4.78, 5) is 27.1. The van der Waals surface area contributed by atoms with E-state index in [-0.39, 0.29) is 23.5 Å². The van der Waals surface area contributed by atoms with E-state index in [4.69, 9.17) is 11.6 Å². The first kappa shape index (κ1) is 19.9. The number of amides is 3. The molecule has 0 atom stereocenters. The van der Waals surface area contributed by atoms with Crippen molar-refractivity contribution in [1.29, 1.82) is 0 Å². The van der Waals surface area contributed by atoms with Crippen LogP contribution in [0.5, 0.6) is 0 Å². The number of aromatic nitrogens is 2. The third-order valence-corrected chi connectivity index (χ3v) is 5.24. The smallest absolute Gasteiger partial charge is 0.321 e. The molecule has 1 aromatic heterocycles. The highest BCUT2D eigenvalue weighted by Gasteiger charge is 2.29. The topological polar surface area (TPSA) is 79.3 Å². The molecule has 30 heavy (non-hydrogen) atoms. The van der Waals surface area contributed by atoms with Crippen molar-refractivity contribution >= 4 is 34.9 Å². The number of aryl methyl sites for hydroxylation is 1. The molecule has 2 heterocycles. The zero-order valence-corrected chi connectivity index (χ0v) is 16.9. The molecule has 0 spiro atoms. The summed E-state index contributed by atoms with van der Waals surface area (Å²) >= 11 is 5.78. The molecule has 3 aromatic rings. The second-order valence-electron chi connectivity index (χ2n) is 6.95. The van der Waals surface area contributed by atoms with Crippen LogP contribution < -0.4 is 10.6 Å². The number of nitrogens with zero attached hydrogens (tertiary/aromatic N) is 3. The Morgan fingerprint density at radius 1 is 1.10 bits per heavy atom. The van der Waals surface area contributed by atoms with Crippen molar-refractivity contribution < 1.29 is 14.0 Å². The molecule has 0 fully saturated rings. The number of halogens is 2. The second kappa shape index (κ2) is 8.16. The molecular formula is C21H19ClFN5O2. The largest absolute Gasteiger partial charge is 0.322 e. The number of nitrogens with one attached hydrogen (secondary N) is 2. The van der Waals surface area contributed by atoms with Crippen LogP contribution in [0.2, 0.25) is 5.02 Å². The first-order chi connectivity index (χ1) is 14.4. The van der Waals surface area contributed by atoms with Gasteiger partial charge in [-0.15, -0.1) is 0 Å². The highest BCUT2D eigenvalue weighted by Crippen LogP contribution is 2.25.